The van der Waals surface area contributed by atoms with Gasteiger partial charge in [-0.05, 0) is 18.1 Å². The minimum absolute atomic E-state index is 0.444. The fraction of sp³-hybridized carbons (Fsp3) is 0.267. The van der Waals surface area contributed by atoms with Crippen molar-refractivity contribution < 1.29 is 0 Å². The van der Waals surface area contributed by atoms with Gasteiger partial charge in [0.25, 0.3) is 0 Å². The highest BCUT2D eigenvalue weighted by Crippen LogP contribution is 2.30. The summed E-state index contributed by atoms with van der Waals surface area (Å²) in [5.74, 6) is 0.905. The molecular formula is C15H16ClN5. The summed E-state index contributed by atoms with van der Waals surface area (Å²) < 4.78 is 1.89. The van der Waals surface area contributed by atoms with Crippen LogP contribution in [0.5, 0.6) is 0 Å². The highest BCUT2D eigenvalue weighted by atomic mass is 35.5. The fourth-order valence-corrected chi connectivity index (χ4v) is 2.44. The third-order valence-corrected chi connectivity index (χ3v) is 3.47. The topological polar surface area (TPSA) is 69.6 Å². The largest absolute Gasteiger partial charge is 0.383 e. The molecule has 0 atom stereocenters. The Labute approximate surface area is 127 Å². The van der Waals surface area contributed by atoms with Crippen LogP contribution in [-0.2, 0) is 6.54 Å². The molecule has 2 N–H and O–H groups in total. The van der Waals surface area contributed by atoms with E-state index in [0.717, 1.165) is 28.8 Å². The van der Waals surface area contributed by atoms with Crippen molar-refractivity contribution in [3.8, 4) is 11.3 Å². The molecule has 21 heavy (non-hydrogen) atoms. The van der Waals surface area contributed by atoms with Gasteiger partial charge in [-0.3, -0.25) is 0 Å². The number of nitrogens with zero attached hydrogens (tertiary/aromatic N) is 4. The van der Waals surface area contributed by atoms with E-state index in [-0.39, 0.29) is 0 Å². The van der Waals surface area contributed by atoms with Gasteiger partial charge in [0.15, 0.2) is 5.65 Å². The van der Waals surface area contributed by atoms with Crippen LogP contribution in [0, 0.1) is 5.92 Å². The van der Waals surface area contributed by atoms with E-state index in [1.165, 1.54) is 6.33 Å². The summed E-state index contributed by atoms with van der Waals surface area (Å²) in [6.07, 6.45) is 1.47. The molecule has 3 aromatic rings. The first-order valence-electron chi connectivity index (χ1n) is 6.79. The van der Waals surface area contributed by atoms with Crippen molar-refractivity contribution in [2.45, 2.75) is 20.4 Å². The second kappa shape index (κ2) is 5.33. The molecule has 0 aliphatic heterocycles. The van der Waals surface area contributed by atoms with Crippen molar-refractivity contribution in [2.75, 3.05) is 5.73 Å². The summed E-state index contributed by atoms with van der Waals surface area (Å²) in [5.41, 5.74) is 8.55. The molecule has 2 aromatic heterocycles. The van der Waals surface area contributed by atoms with Crippen LogP contribution in [0.15, 0.2) is 30.6 Å². The summed E-state index contributed by atoms with van der Waals surface area (Å²) in [4.78, 5) is 8.43. The quantitative estimate of drug-likeness (QED) is 0.805. The van der Waals surface area contributed by atoms with E-state index in [0.29, 0.717) is 16.8 Å². The van der Waals surface area contributed by atoms with E-state index in [2.05, 4.69) is 28.9 Å². The van der Waals surface area contributed by atoms with Crippen molar-refractivity contribution in [2.24, 2.45) is 5.92 Å². The molecule has 3 rings (SSSR count). The molecule has 0 fully saturated rings. The van der Waals surface area contributed by atoms with Gasteiger partial charge >= 0.3 is 0 Å². The zero-order chi connectivity index (χ0) is 15.0. The molecule has 0 bridgehead atoms. The number of aromatic nitrogens is 4. The molecule has 1 aromatic carbocycles. The van der Waals surface area contributed by atoms with Crippen LogP contribution in [0.1, 0.15) is 13.8 Å². The van der Waals surface area contributed by atoms with Gasteiger partial charge < -0.3 is 5.73 Å². The van der Waals surface area contributed by atoms with Gasteiger partial charge in [0, 0.05) is 17.1 Å². The standard InChI is InChI=1S/C15H16ClN5/c1-9(2)7-21-15-12(14(17)18-8-19-15)13(20-21)10-3-5-11(16)6-4-10/h3-6,8-9H,7H2,1-2H3,(H2,17,18,19). The van der Waals surface area contributed by atoms with Gasteiger partial charge in [-0.1, -0.05) is 37.6 Å². The summed E-state index contributed by atoms with van der Waals surface area (Å²) in [5, 5.41) is 6.16. The number of hydrogen-bond donors (Lipinski definition) is 1. The molecule has 6 heteroatoms. The predicted octanol–water partition coefficient (Wildman–Crippen LogP) is 3.38. The predicted molar refractivity (Wildman–Crippen MR) is 85.0 cm³/mol. The first-order chi connectivity index (χ1) is 10.1. The second-order valence-electron chi connectivity index (χ2n) is 5.39. The van der Waals surface area contributed by atoms with Crippen LogP contribution < -0.4 is 5.73 Å². The molecule has 108 valence electrons. The van der Waals surface area contributed by atoms with Crippen molar-refractivity contribution in [3.63, 3.8) is 0 Å². The Balaban J connectivity index is 2.24. The molecule has 2 heterocycles. The van der Waals surface area contributed by atoms with E-state index < -0.39 is 0 Å². The summed E-state index contributed by atoms with van der Waals surface area (Å²) in [6, 6.07) is 7.53. The lowest BCUT2D eigenvalue weighted by Gasteiger charge is -2.05. The Morgan fingerprint density at radius 1 is 1.19 bits per heavy atom. The molecule has 0 unspecified atom stereocenters. The Hall–Kier alpha value is -2.14. The van der Waals surface area contributed by atoms with Crippen LogP contribution in [0.25, 0.3) is 22.3 Å². The maximum Gasteiger partial charge on any atom is 0.163 e. The fourth-order valence-electron chi connectivity index (χ4n) is 2.31. The van der Waals surface area contributed by atoms with Crippen molar-refractivity contribution >= 4 is 28.5 Å². The summed E-state index contributed by atoms with van der Waals surface area (Å²) in [7, 11) is 0. The average molecular weight is 302 g/mol. The summed E-state index contributed by atoms with van der Waals surface area (Å²) >= 11 is 5.95. The number of halogens is 1. The van der Waals surface area contributed by atoms with E-state index in [9.17, 15) is 0 Å². The molecule has 0 radical (unpaired) electrons. The maximum atomic E-state index is 6.04. The van der Waals surface area contributed by atoms with Gasteiger partial charge in [-0.2, -0.15) is 5.10 Å². The van der Waals surface area contributed by atoms with Gasteiger partial charge in [0.2, 0.25) is 0 Å². The molecule has 0 amide bonds. The number of nitrogens with two attached hydrogens (primary N) is 1. The number of nitrogen functional groups attached to an aromatic ring is 1. The van der Waals surface area contributed by atoms with E-state index in [1.807, 2.05) is 28.9 Å². The minimum atomic E-state index is 0.444. The first-order valence-corrected chi connectivity index (χ1v) is 7.17. The smallest absolute Gasteiger partial charge is 0.163 e. The lowest BCUT2D eigenvalue weighted by molar-refractivity contribution is 0.493. The second-order valence-corrected chi connectivity index (χ2v) is 5.83. The highest BCUT2D eigenvalue weighted by molar-refractivity contribution is 6.30. The molecule has 0 saturated carbocycles. The molecule has 0 saturated heterocycles. The zero-order valence-electron chi connectivity index (χ0n) is 11.9. The Bertz CT molecular complexity index is 777. The van der Waals surface area contributed by atoms with E-state index in [1.54, 1.807) is 0 Å². The van der Waals surface area contributed by atoms with Gasteiger partial charge in [0.1, 0.15) is 17.8 Å². The molecule has 5 nitrogen and oxygen atoms in total. The molecule has 0 aliphatic carbocycles. The Kier molecular flexibility index (Phi) is 3.51. The van der Waals surface area contributed by atoms with Crippen LogP contribution in [-0.4, -0.2) is 19.7 Å². The van der Waals surface area contributed by atoms with Crippen LogP contribution in [0.2, 0.25) is 5.02 Å². The molecule has 0 spiro atoms. The average Bonchev–Trinajstić information content (AvgIpc) is 2.79. The van der Waals surface area contributed by atoms with Gasteiger partial charge in [-0.25, -0.2) is 14.6 Å². The number of anilines is 1. The van der Waals surface area contributed by atoms with Crippen LogP contribution in [0.3, 0.4) is 0 Å². The van der Waals surface area contributed by atoms with E-state index >= 15 is 0 Å². The number of hydrogen-bond acceptors (Lipinski definition) is 4. The highest BCUT2D eigenvalue weighted by Gasteiger charge is 2.17. The normalized spacial score (nSPS) is 11.4. The summed E-state index contributed by atoms with van der Waals surface area (Å²) in [6.45, 7) is 5.06. The first kappa shape index (κ1) is 13.8. The molecular weight excluding hydrogens is 286 g/mol. The monoisotopic (exact) mass is 301 g/mol. The lowest BCUT2D eigenvalue weighted by Crippen LogP contribution is -2.07. The number of rotatable bonds is 3. The van der Waals surface area contributed by atoms with Crippen molar-refractivity contribution in [1.29, 1.82) is 0 Å². The lowest BCUT2D eigenvalue weighted by atomic mass is 10.1. The van der Waals surface area contributed by atoms with E-state index in [4.69, 9.17) is 17.3 Å². The maximum absolute atomic E-state index is 6.04. The SMILES string of the molecule is CC(C)Cn1nc(-c2ccc(Cl)cc2)c2c(N)ncnc21. The molecule has 0 aliphatic rings. The third-order valence-electron chi connectivity index (χ3n) is 3.21. The minimum Gasteiger partial charge on any atom is -0.383 e. The van der Waals surface area contributed by atoms with Crippen molar-refractivity contribution in [1.82, 2.24) is 19.7 Å². The van der Waals surface area contributed by atoms with Gasteiger partial charge in [0.05, 0.1) is 5.39 Å². The van der Waals surface area contributed by atoms with Crippen LogP contribution in [0.4, 0.5) is 5.82 Å². The third kappa shape index (κ3) is 2.56. The van der Waals surface area contributed by atoms with Crippen molar-refractivity contribution in [3.05, 3.63) is 35.6 Å². The van der Waals surface area contributed by atoms with Gasteiger partial charge in [-0.15, -0.1) is 0 Å². The zero-order valence-corrected chi connectivity index (χ0v) is 12.7. The number of fused-ring (bicyclic) bond motifs is 1. The number of benzene rings is 1. The Morgan fingerprint density at radius 2 is 1.90 bits per heavy atom. The Morgan fingerprint density at radius 3 is 2.57 bits per heavy atom. The van der Waals surface area contributed by atoms with Crippen LogP contribution >= 0.6 is 11.6 Å².